The van der Waals surface area contributed by atoms with Crippen molar-refractivity contribution in [3.8, 4) is 0 Å². The highest BCUT2D eigenvalue weighted by atomic mass is 79.9. The van der Waals surface area contributed by atoms with Crippen LogP contribution in [0.15, 0.2) is 28.7 Å². The number of halogens is 1. The third kappa shape index (κ3) is 3.57. The number of aliphatic carboxylic acids is 1. The highest BCUT2D eigenvalue weighted by molar-refractivity contribution is 9.10. The smallest absolute Gasteiger partial charge is 0.326 e. The fraction of sp³-hybridized carbons (Fsp3) is 0.385. The fourth-order valence-electron chi connectivity index (χ4n) is 1.55. The molecule has 0 aliphatic carbocycles. The summed E-state index contributed by atoms with van der Waals surface area (Å²) >= 11 is 3.27. The molecule has 1 rings (SSSR count). The molecule has 2 atom stereocenters. The van der Waals surface area contributed by atoms with Crippen LogP contribution in [-0.2, 0) is 4.79 Å². The molecule has 98 valence electrons. The Balaban J connectivity index is 2.86. The van der Waals surface area contributed by atoms with Crippen LogP contribution in [0.4, 0.5) is 0 Å². The number of hydrogen-bond acceptors (Lipinski definition) is 2. The molecule has 2 N–H and O–H groups in total. The Bertz CT molecular complexity index is 448. The van der Waals surface area contributed by atoms with Crippen molar-refractivity contribution in [2.24, 2.45) is 5.92 Å². The predicted octanol–water partition coefficient (Wildman–Crippen LogP) is 2.68. The zero-order valence-corrected chi connectivity index (χ0v) is 11.9. The summed E-state index contributed by atoms with van der Waals surface area (Å²) in [6, 6.07) is 6.06. The van der Waals surface area contributed by atoms with Gasteiger partial charge < -0.3 is 10.4 Å². The van der Waals surface area contributed by atoms with Crippen LogP contribution in [0.2, 0.25) is 0 Å². The van der Waals surface area contributed by atoms with E-state index in [0.29, 0.717) is 16.5 Å². The number of nitrogens with one attached hydrogen (secondary N) is 1. The molecule has 0 bridgehead atoms. The van der Waals surface area contributed by atoms with Gasteiger partial charge >= 0.3 is 5.97 Å². The average molecular weight is 314 g/mol. The molecular weight excluding hydrogens is 298 g/mol. The number of carboxylic acids is 1. The van der Waals surface area contributed by atoms with Gasteiger partial charge in [-0.2, -0.15) is 0 Å². The second-order valence-electron chi connectivity index (χ2n) is 4.15. The first-order valence-corrected chi connectivity index (χ1v) is 6.54. The van der Waals surface area contributed by atoms with E-state index in [2.05, 4.69) is 21.2 Å². The van der Waals surface area contributed by atoms with Gasteiger partial charge in [-0.3, -0.25) is 4.79 Å². The van der Waals surface area contributed by atoms with Gasteiger partial charge in [-0.25, -0.2) is 4.79 Å². The summed E-state index contributed by atoms with van der Waals surface area (Å²) in [4.78, 5) is 23.1. The summed E-state index contributed by atoms with van der Waals surface area (Å²) < 4.78 is 0.649. The highest BCUT2D eigenvalue weighted by Gasteiger charge is 2.26. The number of rotatable bonds is 5. The van der Waals surface area contributed by atoms with Crippen LogP contribution in [0, 0.1) is 5.92 Å². The molecule has 1 amide bonds. The SMILES string of the molecule is CC[C@H](C)[C@H](NC(=O)c1ccccc1Br)C(=O)O. The van der Waals surface area contributed by atoms with E-state index in [4.69, 9.17) is 5.11 Å². The predicted molar refractivity (Wildman–Crippen MR) is 72.5 cm³/mol. The maximum Gasteiger partial charge on any atom is 0.326 e. The average Bonchev–Trinajstić information content (AvgIpc) is 2.35. The number of carboxylic acid groups (broad SMARTS) is 1. The van der Waals surface area contributed by atoms with Crippen LogP contribution in [-0.4, -0.2) is 23.0 Å². The summed E-state index contributed by atoms with van der Waals surface area (Å²) in [6.45, 7) is 3.70. The minimum atomic E-state index is -1.01. The van der Waals surface area contributed by atoms with Gasteiger partial charge in [-0.1, -0.05) is 32.4 Å². The number of amides is 1. The second kappa shape index (κ2) is 6.54. The van der Waals surface area contributed by atoms with Gasteiger partial charge in [0.15, 0.2) is 0 Å². The fourth-order valence-corrected chi connectivity index (χ4v) is 2.01. The molecule has 1 aromatic carbocycles. The van der Waals surface area contributed by atoms with Crippen molar-refractivity contribution < 1.29 is 14.7 Å². The quantitative estimate of drug-likeness (QED) is 0.878. The molecule has 0 unspecified atom stereocenters. The van der Waals surface area contributed by atoms with Crippen molar-refractivity contribution in [3.05, 3.63) is 34.3 Å². The van der Waals surface area contributed by atoms with E-state index in [0.717, 1.165) is 0 Å². The molecule has 0 aromatic heterocycles. The zero-order chi connectivity index (χ0) is 13.7. The Morgan fingerprint density at radius 1 is 1.39 bits per heavy atom. The normalized spacial score (nSPS) is 13.7. The van der Waals surface area contributed by atoms with Crippen LogP contribution in [0.1, 0.15) is 30.6 Å². The van der Waals surface area contributed by atoms with Gasteiger partial charge in [0.2, 0.25) is 0 Å². The molecule has 0 aliphatic rings. The molecule has 18 heavy (non-hydrogen) atoms. The van der Waals surface area contributed by atoms with Crippen molar-refractivity contribution in [1.29, 1.82) is 0 Å². The minimum Gasteiger partial charge on any atom is -0.480 e. The molecule has 1 aromatic rings. The Labute approximate surface area is 115 Å². The van der Waals surface area contributed by atoms with Gasteiger partial charge in [0.05, 0.1) is 5.56 Å². The first kappa shape index (κ1) is 14.7. The Hall–Kier alpha value is -1.36. The molecule has 0 saturated carbocycles. The van der Waals surface area contributed by atoms with E-state index < -0.39 is 12.0 Å². The van der Waals surface area contributed by atoms with Gasteiger partial charge in [-0.05, 0) is 34.0 Å². The second-order valence-corrected chi connectivity index (χ2v) is 5.01. The van der Waals surface area contributed by atoms with Crippen LogP contribution < -0.4 is 5.32 Å². The molecular formula is C13H16BrNO3. The molecule has 0 saturated heterocycles. The third-order valence-corrected chi connectivity index (χ3v) is 3.58. The molecule has 0 radical (unpaired) electrons. The van der Waals surface area contributed by atoms with Crippen molar-refractivity contribution >= 4 is 27.8 Å². The number of benzene rings is 1. The Kier molecular flexibility index (Phi) is 5.34. The lowest BCUT2D eigenvalue weighted by Gasteiger charge is -2.20. The largest absolute Gasteiger partial charge is 0.480 e. The maximum absolute atomic E-state index is 12.0. The maximum atomic E-state index is 12.0. The van der Waals surface area contributed by atoms with Crippen LogP contribution >= 0.6 is 15.9 Å². The summed E-state index contributed by atoms with van der Waals surface area (Å²) in [6.07, 6.45) is 0.688. The third-order valence-electron chi connectivity index (χ3n) is 2.88. The van der Waals surface area contributed by atoms with Gasteiger partial charge in [-0.15, -0.1) is 0 Å². The summed E-state index contributed by atoms with van der Waals surface area (Å²) in [5.41, 5.74) is 0.437. The topological polar surface area (TPSA) is 66.4 Å². The molecule has 0 fully saturated rings. The number of carbonyl (C=O) groups is 2. The van der Waals surface area contributed by atoms with Crippen LogP contribution in [0.3, 0.4) is 0 Å². The monoisotopic (exact) mass is 313 g/mol. The number of carbonyl (C=O) groups excluding carboxylic acids is 1. The first-order valence-electron chi connectivity index (χ1n) is 5.75. The molecule has 0 spiro atoms. The van der Waals surface area contributed by atoms with E-state index in [9.17, 15) is 9.59 Å². The van der Waals surface area contributed by atoms with Gasteiger partial charge in [0.1, 0.15) is 6.04 Å². The molecule has 0 aliphatic heterocycles. The van der Waals surface area contributed by atoms with E-state index in [1.165, 1.54) is 0 Å². The van der Waals surface area contributed by atoms with Gasteiger partial charge in [0.25, 0.3) is 5.91 Å². The van der Waals surface area contributed by atoms with E-state index >= 15 is 0 Å². The summed E-state index contributed by atoms with van der Waals surface area (Å²) in [5.74, 6) is -1.51. The first-order chi connectivity index (χ1) is 8.47. The summed E-state index contributed by atoms with van der Waals surface area (Å²) in [7, 11) is 0. The Morgan fingerprint density at radius 3 is 2.50 bits per heavy atom. The van der Waals surface area contributed by atoms with Crippen molar-refractivity contribution in [3.63, 3.8) is 0 Å². The van der Waals surface area contributed by atoms with Crippen molar-refractivity contribution in [2.45, 2.75) is 26.3 Å². The van der Waals surface area contributed by atoms with Crippen molar-refractivity contribution in [2.75, 3.05) is 0 Å². The van der Waals surface area contributed by atoms with E-state index in [-0.39, 0.29) is 11.8 Å². The minimum absolute atomic E-state index is 0.117. The number of hydrogen-bond donors (Lipinski definition) is 2. The van der Waals surface area contributed by atoms with E-state index in [1.54, 1.807) is 31.2 Å². The zero-order valence-electron chi connectivity index (χ0n) is 10.3. The molecule has 4 nitrogen and oxygen atoms in total. The van der Waals surface area contributed by atoms with Crippen molar-refractivity contribution in [1.82, 2.24) is 5.32 Å². The molecule has 0 heterocycles. The standard InChI is InChI=1S/C13H16BrNO3/c1-3-8(2)11(13(17)18)15-12(16)9-6-4-5-7-10(9)14/h4-8,11H,3H2,1-2H3,(H,15,16)(H,17,18)/t8-,11-/m0/s1. The molecule has 5 heteroatoms. The van der Waals surface area contributed by atoms with Gasteiger partial charge in [0, 0.05) is 4.47 Å². The highest BCUT2D eigenvalue weighted by Crippen LogP contribution is 2.16. The lowest BCUT2D eigenvalue weighted by molar-refractivity contribution is -0.140. The van der Waals surface area contributed by atoms with Crippen LogP contribution in [0.5, 0.6) is 0 Å². The van der Waals surface area contributed by atoms with E-state index in [1.807, 2.05) is 6.92 Å². The summed E-state index contributed by atoms with van der Waals surface area (Å²) in [5, 5.41) is 11.7. The lowest BCUT2D eigenvalue weighted by atomic mass is 9.99. The van der Waals surface area contributed by atoms with Crippen LogP contribution in [0.25, 0.3) is 0 Å². The lowest BCUT2D eigenvalue weighted by Crippen LogP contribution is -2.45. The Morgan fingerprint density at radius 2 is 2.00 bits per heavy atom.